The second kappa shape index (κ2) is 12.6. The number of carbonyl (C=O) groups is 1. The number of halogens is 1. The number of piperazine rings is 1. The first kappa shape index (κ1) is 31.6. The van der Waals surface area contributed by atoms with Crippen molar-refractivity contribution in [3.63, 3.8) is 0 Å². The molecule has 0 unspecified atom stereocenters. The van der Waals surface area contributed by atoms with Crippen molar-refractivity contribution in [1.29, 1.82) is 0 Å². The summed E-state index contributed by atoms with van der Waals surface area (Å²) in [5.41, 5.74) is 2.80. The van der Waals surface area contributed by atoms with Gasteiger partial charge < -0.3 is 14.5 Å². The predicted octanol–water partition coefficient (Wildman–Crippen LogP) is 5.22. The number of ether oxygens (including phenoxy) is 1. The van der Waals surface area contributed by atoms with E-state index in [1.165, 1.54) is 31.3 Å². The third-order valence-electron chi connectivity index (χ3n) is 11.6. The minimum Gasteiger partial charge on any atom is -0.434 e. The quantitative estimate of drug-likeness (QED) is 0.308. The summed E-state index contributed by atoms with van der Waals surface area (Å²) >= 11 is 0. The van der Waals surface area contributed by atoms with Crippen LogP contribution in [0.25, 0.3) is 11.1 Å². The van der Waals surface area contributed by atoms with Gasteiger partial charge in [-0.3, -0.25) is 19.6 Å². The molecule has 0 N–H and O–H groups in total. The summed E-state index contributed by atoms with van der Waals surface area (Å²) in [5, 5.41) is 8.46. The van der Waals surface area contributed by atoms with Gasteiger partial charge >= 0.3 is 0 Å². The van der Waals surface area contributed by atoms with Crippen molar-refractivity contribution < 1.29 is 13.9 Å². The lowest BCUT2D eigenvalue weighted by Gasteiger charge is -2.58. The summed E-state index contributed by atoms with van der Waals surface area (Å²) in [6, 6.07) is 9.77. The molecule has 2 aliphatic carbocycles. The van der Waals surface area contributed by atoms with Crippen molar-refractivity contribution in [2.75, 3.05) is 57.3 Å². The van der Waals surface area contributed by atoms with Crippen LogP contribution in [0.4, 0.5) is 10.2 Å². The normalized spacial score (nSPS) is 24.9. The second-order valence-electron chi connectivity index (χ2n) is 15.3. The largest absolute Gasteiger partial charge is 0.434 e. The van der Waals surface area contributed by atoms with Crippen LogP contribution in [-0.2, 0) is 4.79 Å². The lowest BCUT2D eigenvalue weighted by atomic mass is 9.68. The molecule has 3 saturated heterocycles. The van der Waals surface area contributed by atoms with Gasteiger partial charge in [-0.15, -0.1) is 10.2 Å². The average molecular weight is 655 g/mol. The molecule has 5 heterocycles. The summed E-state index contributed by atoms with van der Waals surface area (Å²) < 4.78 is 21.0. The van der Waals surface area contributed by atoms with E-state index in [1.54, 1.807) is 19.2 Å². The number of nitrogens with zero attached hydrogens (tertiary/aromatic N) is 8. The van der Waals surface area contributed by atoms with Gasteiger partial charge in [0.2, 0.25) is 5.91 Å². The number of aromatic nitrogens is 4. The Bertz CT molecular complexity index is 1650. The zero-order chi connectivity index (χ0) is 33.0. The van der Waals surface area contributed by atoms with Gasteiger partial charge in [-0.25, -0.2) is 9.37 Å². The molecule has 1 atom stereocenters. The Morgan fingerprint density at radius 2 is 1.79 bits per heavy atom. The van der Waals surface area contributed by atoms with Gasteiger partial charge in [0.05, 0.1) is 5.69 Å². The fraction of sp³-hybridized carbons (Fsp3) is 0.595. The van der Waals surface area contributed by atoms with Crippen LogP contribution in [0.3, 0.4) is 0 Å². The number of hydrogen-bond donors (Lipinski definition) is 0. The average Bonchev–Trinajstić information content (AvgIpc) is 3.81. The molecule has 2 aromatic heterocycles. The number of pyridine rings is 1. The van der Waals surface area contributed by atoms with Crippen LogP contribution >= 0.6 is 0 Å². The van der Waals surface area contributed by atoms with Gasteiger partial charge in [0.1, 0.15) is 17.9 Å². The summed E-state index contributed by atoms with van der Waals surface area (Å²) in [6.45, 7) is 14.2. The third-order valence-corrected chi connectivity index (χ3v) is 11.6. The third kappa shape index (κ3) is 6.04. The number of anilines is 1. The van der Waals surface area contributed by atoms with E-state index in [4.69, 9.17) is 4.74 Å². The molecule has 1 spiro atoms. The SMILES string of the molecule is CC(=O)N1CCN(C2CC([C@H](C(C)C)N3CC4(CCN(c5ncnnc5Oc5ccc(F)cc5-c5cccnc5C5CC5)C4)C3)C2)CC1. The van der Waals surface area contributed by atoms with Gasteiger partial charge in [-0.1, -0.05) is 19.9 Å². The molecule has 10 nitrogen and oxygen atoms in total. The summed E-state index contributed by atoms with van der Waals surface area (Å²) in [6.07, 6.45) is 9.12. The molecule has 5 aliphatic rings. The molecular weight excluding hydrogens is 607 g/mol. The van der Waals surface area contributed by atoms with E-state index >= 15 is 0 Å². The maximum atomic E-state index is 14.6. The number of benzene rings is 1. The van der Waals surface area contributed by atoms with E-state index in [1.807, 2.05) is 17.0 Å². The van der Waals surface area contributed by atoms with E-state index < -0.39 is 0 Å². The molecule has 11 heteroatoms. The smallest absolute Gasteiger partial charge is 0.282 e. The Kier molecular flexibility index (Phi) is 8.31. The molecular formula is C37H47FN8O2. The highest BCUT2D eigenvalue weighted by Crippen LogP contribution is 2.49. The minimum absolute atomic E-state index is 0.197. The van der Waals surface area contributed by atoms with Crippen molar-refractivity contribution in [2.45, 2.75) is 70.9 Å². The molecule has 0 bridgehead atoms. The monoisotopic (exact) mass is 654 g/mol. The maximum Gasteiger partial charge on any atom is 0.282 e. The molecule has 254 valence electrons. The Labute approximate surface area is 282 Å². The molecule has 1 aromatic carbocycles. The van der Waals surface area contributed by atoms with E-state index in [-0.39, 0.29) is 17.1 Å². The van der Waals surface area contributed by atoms with Crippen LogP contribution in [0.1, 0.15) is 64.5 Å². The topological polar surface area (TPSA) is 90.8 Å². The molecule has 3 aliphatic heterocycles. The number of hydrogen-bond acceptors (Lipinski definition) is 9. The molecule has 48 heavy (non-hydrogen) atoms. The maximum absolute atomic E-state index is 14.6. The Morgan fingerprint density at radius 1 is 1.00 bits per heavy atom. The first-order chi connectivity index (χ1) is 23.3. The zero-order valence-electron chi connectivity index (χ0n) is 28.4. The predicted molar refractivity (Wildman–Crippen MR) is 181 cm³/mol. The van der Waals surface area contributed by atoms with E-state index in [2.05, 4.69) is 48.7 Å². The van der Waals surface area contributed by atoms with Crippen LogP contribution < -0.4 is 9.64 Å². The highest BCUT2D eigenvalue weighted by molar-refractivity contribution is 5.74. The van der Waals surface area contributed by atoms with Crippen LogP contribution in [0, 0.1) is 23.1 Å². The molecule has 0 radical (unpaired) electrons. The van der Waals surface area contributed by atoms with Crippen LogP contribution in [0.15, 0.2) is 42.9 Å². The van der Waals surface area contributed by atoms with E-state index in [9.17, 15) is 9.18 Å². The van der Waals surface area contributed by atoms with Crippen LogP contribution in [0.2, 0.25) is 0 Å². The van der Waals surface area contributed by atoms with Gasteiger partial charge in [0.25, 0.3) is 5.88 Å². The van der Waals surface area contributed by atoms with Gasteiger partial charge in [0.15, 0.2) is 5.82 Å². The lowest BCUT2D eigenvalue weighted by molar-refractivity contribution is -0.132. The lowest BCUT2D eigenvalue weighted by Crippen LogP contribution is -2.66. The Morgan fingerprint density at radius 3 is 2.52 bits per heavy atom. The highest BCUT2D eigenvalue weighted by Gasteiger charge is 2.53. The van der Waals surface area contributed by atoms with Crippen molar-refractivity contribution >= 4 is 11.7 Å². The number of amides is 1. The number of likely N-dealkylation sites (tertiary alicyclic amines) is 1. The van der Waals surface area contributed by atoms with Crippen molar-refractivity contribution in [3.05, 3.63) is 54.4 Å². The highest BCUT2D eigenvalue weighted by atomic mass is 19.1. The number of carbonyl (C=O) groups excluding carboxylic acids is 1. The fourth-order valence-corrected chi connectivity index (χ4v) is 9.05. The Balaban J connectivity index is 0.922. The first-order valence-corrected chi connectivity index (χ1v) is 17.9. The van der Waals surface area contributed by atoms with Crippen LogP contribution in [0.5, 0.6) is 11.6 Å². The first-order valence-electron chi connectivity index (χ1n) is 17.9. The molecule has 1 amide bonds. The second-order valence-corrected chi connectivity index (χ2v) is 15.3. The van der Waals surface area contributed by atoms with Gasteiger partial charge in [-0.05, 0) is 68.2 Å². The van der Waals surface area contributed by atoms with Gasteiger partial charge in [0, 0.05) is 100 Å². The standard InChI is InChI=1S/C37H47FN8O2/c1-24(2)34(27-17-29(18-27)44-15-13-43(14-16-44)25(3)47)46-21-37(22-46)10-12-45(20-37)35-36(42-41-23-40-35)48-32-9-8-28(38)19-31(32)30-5-4-11-39-33(30)26-6-7-26/h4-5,8-9,11,19,23-24,26-27,29,34H,6-7,10,12-18,20-22H2,1-3H3/t27?,29?,34-/m0/s1. The van der Waals surface area contributed by atoms with E-state index in [0.29, 0.717) is 46.9 Å². The van der Waals surface area contributed by atoms with Crippen molar-refractivity contribution in [2.24, 2.45) is 17.3 Å². The van der Waals surface area contributed by atoms with Crippen molar-refractivity contribution in [1.82, 2.24) is 34.9 Å². The molecule has 3 aromatic rings. The molecule has 8 rings (SSSR count). The summed E-state index contributed by atoms with van der Waals surface area (Å²) in [5.74, 6) is 3.19. The Hall–Kier alpha value is -3.70. The fourth-order valence-electron chi connectivity index (χ4n) is 9.05. The summed E-state index contributed by atoms with van der Waals surface area (Å²) in [7, 11) is 0. The number of rotatable bonds is 9. The van der Waals surface area contributed by atoms with Gasteiger partial charge in [-0.2, -0.15) is 0 Å². The van der Waals surface area contributed by atoms with Crippen LogP contribution in [-0.4, -0.2) is 105 Å². The summed E-state index contributed by atoms with van der Waals surface area (Å²) in [4.78, 5) is 30.7. The molecule has 2 saturated carbocycles. The molecule has 5 fully saturated rings. The van der Waals surface area contributed by atoms with E-state index in [0.717, 1.165) is 88.8 Å². The zero-order valence-corrected chi connectivity index (χ0v) is 28.4. The van der Waals surface area contributed by atoms with Crippen molar-refractivity contribution in [3.8, 4) is 22.8 Å². The minimum atomic E-state index is -0.318.